The number of hydrogen-bond donors (Lipinski definition) is 2. The summed E-state index contributed by atoms with van der Waals surface area (Å²) < 4.78 is 5.12. The summed E-state index contributed by atoms with van der Waals surface area (Å²) in [5.74, 6) is -2.21. The molecule has 1 aromatic rings. The fraction of sp³-hybridized carbons (Fsp3) is 0.450. The number of esters is 1. The predicted octanol–water partition coefficient (Wildman–Crippen LogP) is 1.65. The molecule has 3 rings (SSSR count). The van der Waals surface area contributed by atoms with Gasteiger partial charge in [-0.25, -0.2) is 9.59 Å². The second kappa shape index (κ2) is 8.85. The van der Waals surface area contributed by atoms with Crippen molar-refractivity contribution in [1.82, 2.24) is 10.6 Å². The number of carbonyl (C=O) groups excluding carboxylic acids is 5. The molecule has 154 valence electrons. The maximum atomic E-state index is 12.4. The van der Waals surface area contributed by atoms with Crippen LogP contribution in [0.25, 0.3) is 0 Å². The number of urea groups is 1. The Morgan fingerprint density at radius 1 is 1.10 bits per heavy atom. The summed E-state index contributed by atoms with van der Waals surface area (Å²) >= 11 is 0. The Labute approximate surface area is 167 Å². The van der Waals surface area contributed by atoms with Gasteiger partial charge in [-0.2, -0.15) is 0 Å². The lowest BCUT2D eigenvalue weighted by Crippen LogP contribution is -2.47. The first-order valence-electron chi connectivity index (χ1n) is 9.63. The molecular formula is C20H23N3O6. The molecule has 5 amide bonds. The third kappa shape index (κ3) is 4.98. The molecule has 1 heterocycles. The van der Waals surface area contributed by atoms with Gasteiger partial charge in [0.15, 0.2) is 6.10 Å². The zero-order valence-electron chi connectivity index (χ0n) is 16.1. The average Bonchev–Trinajstić information content (AvgIpc) is 3.31. The highest BCUT2D eigenvalue weighted by atomic mass is 16.5. The summed E-state index contributed by atoms with van der Waals surface area (Å²) in [5.41, 5.74) is 0.366. The molecule has 1 saturated carbocycles. The Hall–Kier alpha value is -3.23. The number of benzene rings is 1. The molecule has 0 spiro atoms. The summed E-state index contributed by atoms with van der Waals surface area (Å²) in [6, 6.07) is 5.32. The molecule has 1 aliphatic carbocycles. The van der Waals surface area contributed by atoms with Crippen LogP contribution in [-0.4, -0.2) is 41.9 Å². The first-order valence-corrected chi connectivity index (χ1v) is 9.63. The molecule has 1 aliphatic heterocycles. The molecular weight excluding hydrogens is 378 g/mol. The van der Waals surface area contributed by atoms with Crippen molar-refractivity contribution < 1.29 is 28.7 Å². The Morgan fingerprint density at radius 3 is 2.41 bits per heavy atom. The van der Waals surface area contributed by atoms with E-state index < -0.39 is 24.0 Å². The van der Waals surface area contributed by atoms with Gasteiger partial charge in [-0.3, -0.25) is 24.6 Å². The van der Waals surface area contributed by atoms with E-state index in [-0.39, 0.29) is 41.9 Å². The summed E-state index contributed by atoms with van der Waals surface area (Å²) in [5, 5.41) is 4.88. The molecule has 0 radical (unpaired) electrons. The zero-order chi connectivity index (χ0) is 21.0. The van der Waals surface area contributed by atoms with Crippen molar-refractivity contribution in [2.45, 2.75) is 57.6 Å². The third-order valence-corrected chi connectivity index (χ3v) is 4.97. The van der Waals surface area contributed by atoms with E-state index in [4.69, 9.17) is 4.74 Å². The van der Waals surface area contributed by atoms with Crippen LogP contribution in [-0.2, 0) is 19.1 Å². The van der Waals surface area contributed by atoms with Crippen LogP contribution in [0.3, 0.4) is 0 Å². The van der Waals surface area contributed by atoms with E-state index >= 15 is 0 Å². The third-order valence-electron chi connectivity index (χ3n) is 4.97. The number of rotatable bonds is 5. The molecule has 0 bridgehead atoms. The van der Waals surface area contributed by atoms with Gasteiger partial charge >= 0.3 is 12.0 Å². The van der Waals surface area contributed by atoms with Crippen LogP contribution in [0.2, 0.25) is 0 Å². The van der Waals surface area contributed by atoms with Crippen LogP contribution in [0, 0.1) is 0 Å². The molecule has 2 N–H and O–H groups in total. The monoisotopic (exact) mass is 401 g/mol. The quantitative estimate of drug-likeness (QED) is 0.572. The maximum Gasteiger partial charge on any atom is 0.338 e. The van der Waals surface area contributed by atoms with Crippen LogP contribution >= 0.6 is 0 Å². The smallest absolute Gasteiger partial charge is 0.338 e. The van der Waals surface area contributed by atoms with Crippen molar-refractivity contribution in [2.24, 2.45) is 0 Å². The molecule has 1 atom stereocenters. The molecule has 29 heavy (non-hydrogen) atoms. The highest BCUT2D eigenvalue weighted by molar-refractivity contribution is 6.20. The van der Waals surface area contributed by atoms with Gasteiger partial charge in [0.2, 0.25) is 11.8 Å². The second-order valence-electron chi connectivity index (χ2n) is 7.16. The van der Waals surface area contributed by atoms with E-state index in [9.17, 15) is 24.0 Å². The van der Waals surface area contributed by atoms with Crippen molar-refractivity contribution >= 4 is 35.4 Å². The Morgan fingerprint density at radius 2 is 1.76 bits per heavy atom. The van der Waals surface area contributed by atoms with Gasteiger partial charge in [0.1, 0.15) is 0 Å². The zero-order valence-corrected chi connectivity index (χ0v) is 16.1. The topological polar surface area (TPSA) is 122 Å². The van der Waals surface area contributed by atoms with Gasteiger partial charge in [0.05, 0.1) is 11.3 Å². The van der Waals surface area contributed by atoms with Crippen LogP contribution in [0.4, 0.5) is 10.5 Å². The van der Waals surface area contributed by atoms with Crippen LogP contribution < -0.4 is 15.5 Å². The van der Waals surface area contributed by atoms with Gasteiger partial charge in [-0.05, 0) is 38.0 Å². The Balaban J connectivity index is 1.57. The van der Waals surface area contributed by atoms with E-state index in [0.29, 0.717) is 0 Å². The van der Waals surface area contributed by atoms with Crippen molar-refractivity contribution in [3.05, 3.63) is 29.8 Å². The molecule has 0 unspecified atom stereocenters. The van der Waals surface area contributed by atoms with Gasteiger partial charge < -0.3 is 10.1 Å². The van der Waals surface area contributed by atoms with E-state index in [0.717, 1.165) is 30.6 Å². The van der Waals surface area contributed by atoms with Gasteiger partial charge in [0, 0.05) is 18.9 Å². The van der Waals surface area contributed by atoms with Crippen LogP contribution in [0.15, 0.2) is 24.3 Å². The summed E-state index contributed by atoms with van der Waals surface area (Å²) in [6.07, 6.45) is 2.91. The van der Waals surface area contributed by atoms with E-state index in [1.807, 2.05) is 0 Å². The molecule has 2 aliphatic rings. The normalized spacial score (nSPS) is 17.9. The number of imide groups is 2. The van der Waals surface area contributed by atoms with Gasteiger partial charge in [0.25, 0.3) is 5.91 Å². The van der Waals surface area contributed by atoms with Crippen LogP contribution in [0.1, 0.15) is 55.8 Å². The van der Waals surface area contributed by atoms with Crippen LogP contribution in [0.5, 0.6) is 0 Å². The summed E-state index contributed by atoms with van der Waals surface area (Å²) in [4.78, 5) is 61.1. The minimum absolute atomic E-state index is 0.0550. The summed E-state index contributed by atoms with van der Waals surface area (Å²) in [6.45, 7) is 1.35. The highest BCUT2D eigenvalue weighted by Gasteiger charge is 2.31. The number of carbonyl (C=O) groups is 5. The number of anilines is 1. The fourth-order valence-corrected chi connectivity index (χ4v) is 3.42. The first-order chi connectivity index (χ1) is 13.8. The average molecular weight is 401 g/mol. The minimum atomic E-state index is -1.20. The lowest BCUT2D eigenvalue weighted by Gasteiger charge is -2.17. The fourth-order valence-electron chi connectivity index (χ4n) is 3.42. The Bertz CT molecular complexity index is 830. The number of nitrogens with one attached hydrogen (secondary N) is 2. The minimum Gasteiger partial charge on any atom is -0.449 e. The molecule has 0 aromatic heterocycles. The number of amides is 5. The lowest BCUT2D eigenvalue weighted by atomic mass is 10.2. The van der Waals surface area contributed by atoms with Crippen molar-refractivity contribution in [1.29, 1.82) is 0 Å². The van der Waals surface area contributed by atoms with Crippen molar-refractivity contribution in [3.8, 4) is 0 Å². The SMILES string of the molecule is C[C@H](OC(=O)c1cccc(N2C(=O)CCC2=O)c1)C(=O)NC(=O)NC1CCCC1. The standard InChI is InChI=1S/C20H23N3O6/c1-12(18(26)22-20(28)21-14-6-2-3-7-14)29-19(27)13-5-4-8-15(11-13)23-16(24)9-10-17(23)25/h4-5,8,11-12,14H,2-3,6-7,9-10H2,1H3,(H2,21,22,26,28)/t12-/m0/s1. The molecule has 1 aromatic carbocycles. The van der Waals surface area contributed by atoms with E-state index in [1.165, 1.54) is 25.1 Å². The second-order valence-corrected chi connectivity index (χ2v) is 7.16. The van der Waals surface area contributed by atoms with Gasteiger partial charge in [-0.15, -0.1) is 0 Å². The largest absolute Gasteiger partial charge is 0.449 e. The summed E-state index contributed by atoms with van der Waals surface area (Å²) in [7, 11) is 0. The molecule has 9 heteroatoms. The number of ether oxygens (including phenoxy) is 1. The van der Waals surface area contributed by atoms with E-state index in [1.54, 1.807) is 6.07 Å². The number of nitrogens with zero attached hydrogens (tertiary/aromatic N) is 1. The molecule has 1 saturated heterocycles. The van der Waals surface area contributed by atoms with Crippen molar-refractivity contribution in [3.63, 3.8) is 0 Å². The molecule has 2 fully saturated rings. The van der Waals surface area contributed by atoms with E-state index in [2.05, 4.69) is 10.6 Å². The number of hydrogen-bond acceptors (Lipinski definition) is 6. The van der Waals surface area contributed by atoms with Crippen molar-refractivity contribution in [2.75, 3.05) is 4.90 Å². The maximum absolute atomic E-state index is 12.4. The van der Waals surface area contributed by atoms with Gasteiger partial charge in [-0.1, -0.05) is 18.9 Å². The lowest BCUT2D eigenvalue weighted by molar-refractivity contribution is -0.128. The first kappa shape index (κ1) is 20.5. The predicted molar refractivity (Wildman–Crippen MR) is 102 cm³/mol. The Kier molecular flexibility index (Phi) is 6.26. The highest BCUT2D eigenvalue weighted by Crippen LogP contribution is 2.24. The molecule has 9 nitrogen and oxygen atoms in total.